The van der Waals surface area contributed by atoms with Gasteiger partial charge in [-0.05, 0) is 56.9 Å². The molecule has 0 aliphatic heterocycles. The quantitative estimate of drug-likeness (QED) is 0.610. The summed E-state index contributed by atoms with van der Waals surface area (Å²) in [6.45, 7) is 6.22. The number of nitrogens with one attached hydrogen (secondary N) is 1. The second kappa shape index (κ2) is 9.70. The fourth-order valence-corrected chi connectivity index (χ4v) is 6.29. The van der Waals surface area contributed by atoms with E-state index in [1.54, 1.807) is 0 Å². The van der Waals surface area contributed by atoms with Gasteiger partial charge in [0.05, 0.1) is 5.75 Å². The monoisotopic (exact) mass is 399 g/mol. The smallest absolute Gasteiger partial charge is 0.234 e. The molecule has 4 heteroatoms. The van der Waals surface area contributed by atoms with Crippen molar-refractivity contribution in [3.05, 3.63) is 59.2 Å². The van der Waals surface area contributed by atoms with E-state index in [1.165, 1.54) is 36.1 Å². The second-order valence-electron chi connectivity index (χ2n) is 7.42. The Hall–Kier alpha value is -1.39. The van der Waals surface area contributed by atoms with Gasteiger partial charge in [0.1, 0.15) is 0 Å². The van der Waals surface area contributed by atoms with E-state index >= 15 is 0 Å². The molecule has 2 unspecified atom stereocenters. The largest absolute Gasteiger partial charge is 0.325 e. The number of hydrogen-bond acceptors (Lipinski definition) is 3. The molecular formula is C23H29NOS2. The third-order valence-electron chi connectivity index (χ3n) is 5.12. The van der Waals surface area contributed by atoms with Gasteiger partial charge in [-0.1, -0.05) is 48.7 Å². The number of aryl methyl sites for hydroxylation is 3. The van der Waals surface area contributed by atoms with Gasteiger partial charge >= 0.3 is 0 Å². The van der Waals surface area contributed by atoms with Crippen LogP contribution in [0.15, 0.2) is 47.4 Å². The number of para-hydroxylation sites is 1. The van der Waals surface area contributed by atoms with Crippen molar-refractivity contribution in [1.29, 1.82) is 0 Å². The predicted octanol–water partition coefficient (Wildman–Crippen LogP) is 6.39. The Morgan fingerprint density at radius 2 is 1.59 bits per heavy atom. The lowest BCUT2D eigenvalue weighted by Gasteiger charge is -2.30. The van der Waals surface area contributed by atoms with Crippen molar-refractivity contribution in [1.82, 2.24) is 0 Å². The first-order valence-electron chi connectivity index (χ1n) is 9.74. The van der Waals surface area contributed by atoms with E-state index in [9.17, 15) is 4.79 Å². The molecule has 2 aromatic carbocycles. The number of hydrogen-bond donors (Lipinski definition) is 1. The van der Waals surface area contributed by atoms with E-state index in [0.29, 0.717) is 16.3 Å². The molecule has 0 spiro atoms. The Labute approximate surface area is 171 Å². The van der Waals surface area contributed by atoms with E-state index < -0.39 is 0 Å². The summed E-state index contributed by atoms with van der Waals surface area (Å²) < 4.78 is 0. The Kier molecular flexibility index (Phi) is 7.31. The van der Waals surface area contributed by atoms with Crippen LogP contribution >= 0.6 is 23.5 Å². The molecule has 144 valence electrons. The molecule has 0 radical (unpaired) electrons. The molecule has 1 fully saturated rings. The Morgan fingerprint density at radius 1 is 0.963 bits per heavy atom. The summed E-state index contributed by atoms with van der Waals surface area (Å²) in [5.41, 5.74) is 4.52. The molecule has 27 heavy (non-hydrogen) atoms. The Morgan fingerprint density at radius 3 is 2.26 bits per heavy atom. The first-order valence-corrected chi connectivity index (χ1v) is 11.7. The second-order valence-corrected chi connectivity index (χ2v) is 9.96. The van der Waals surface area contributed by atoms with Crippen molar-refractivity contribution in [3.63, 3.8) is 0 Å². The first-order chi connectivity index (χ1) is 13.0. The number of carbonyl (C=O) groups is 1. The summed E-state index contributed by atoms with van der Waals surface area (Å²) in [6.07, 6.45) is 5.04. The lowest BCUT2D eigenvalue weighted by Crippen LogP contribution is -2.27. The van der Waals surface area contributed by atoms with Gasteiger partial charge < -0.3 is 5.32 Å². The molecule has 3 rings (SSSR count). The zero-order valence-corrected chi connectivity index (χ0v) is 18.1. The fourth-order valence-electron chi connectivity index (χ4n) is 3.55. The molecule has 0 heterocycles. The van der Waals surface area contributed by atoms with E-state index in [2.05, 4.69) is 36.5 Å². The van der Waals surface area contributed by atoms with E-state index in [0.717, 1.165) is 16.8 Å². The van der Waals surface area contributed by atoms with Gasteiger partial charge in [-0.15, -0.1) is 23.5 Å². The molecule has 2 nitrogen and oxygen atoms in total. The number of thioether (sulfide) groups is 2. The number of amides is 1. The van der Waals surface area contributed by atoms with Gasteiger partial charge in [0.2, 0.25) is 5.91 Å². The molecule has 2 atom stereocenters. The van der Waals surface area contributed by atoms with Crippen LogP contribution in [0.2, 0.25) is 0 Å². The lowest BCUT2D eigenvalue weighted by atomic mass is 10.00. The third kappa shape index (κ3) is 5.79. The number of benzene rings is 2. The van der Waals surface area contributed by atoms with Gasteiger partial charge in [-0.3, -0.25) is 4.79 Å². The van der Waals surface area contributed by atoms with E-state index in [1.807, 2.05) is 55.6 Å². The molecule has 1 saturated carbocycles. The zero-order chi connectivity index (χ0) is 19.2. The Balaban J connectivity index is 1.56. The highest BCUT2D eigenvalue weighted by Gasteiger charge is 2.27. The molecule has 0 aromatic heterocycles. The third-order valence-corrected chi connectivity index (χ3v) is 8.13. The number of carbonyl (C=O) groups excluding carboxylic acids is 1. The molecule has 1 aliphatic rings. The van der Waals surface area contributed by atoms with E-state index in [-0.39, 0.29) is 5.91 Å². The van der Waals surface area contributed by atoms with Crippen LogP contribution < -0.4 is 5.32 Å². The average Bonchev–Trinajstić information content (AvgIpc) is 2.66. The van der Waals surface area contributed by atoms with Crippen LogP contribution in [0.3, 0.4) is 0 Å². The average molecular weight is 400 g/mol. The Bertz CT molecular complexity index is 752. The van der Waals surface area contributed by atoms with Crippen LogP contribution in [0.1, 0.15) is 42.4 Å². The maximum Gasteiger partial charge on any atom is 0.234 e. The van der Waals surface area contributed by atoms with Crippen LogP contribution in [-0.2, 0) is 4.79 Å². The van der Waals surface area contributed by atoms with Crippen LogP contribution in [0.25, 0.3) is 0 Å². The summed E-state index contributed by atoms with van der Waals surface area (Å²) in [4.78, 5) is 13.9. The number of anilines is 1. The van der Waals surface area contributed by atoms with Gasteiger partial charge in [0.15, 0.2) is 0 Å². The molecule has 0 bridgehead atoms. The molecule has 1 amide bonds. The minimum atomic E-state index is 0.113. The van der Waals surface area contributed by atoms with Crippen molar-refractivity contribution in [2.24, 2.45) is 0 Å². The maximum absolute atomic E-state index is 12.5. The summed E-state index contributed by atoms with van der Waals surface area (Å²) in [5, 5.41) is 4.27. The van der Waals surface area contributed by atoms with Crippen LogP contribution in [0.4, 0.5) is 5.69 Å². The highest BCUT2D eigenvalue weighted by molar-refractivity contribution is 8.04. The summed E-state index contributed by atoms with van der Waals surface area (Å²) in [5.74, 6) is 0.644. The van der Waals surface area contributed by atoms with Crippen molar-refractivity contribution in [3.8, 4) is 0 Å². The molecule has 0 saturated heterocycles. The summed E-state index contributed by atoms with van der Waals surface area (Å²) >= 11 is 3.82. The van der Waals surface area contributed by atoms with Gasteiger partial charge in [0.25, 0.3) is 0 Å². The molecule has 1 aliphatic carbocycles. The standard InChI is InChI=1S/C23H29NOS2/c1-16-11-13-19(14-12-16)27-21-10-5-4-9-20(21)26-15-22(25)24-23-17(2)7-6-8-18(23)3/h6-8,11-14,20-21H,4-5,9-10,15H2,1-3H3,(H,24,25). The van der Waals surface area contributed by atoms with Gasteiger partial charge in [0, 0.05) is 21.1 Å². The van der Waals surface area contributed by atoms with Crippen molar-refractivity contribution in [2.75, 3.05) is 11.1 Å². The normalized spacial score (nSPS) is 19.7. The first kappa shape index (κ1) is 20.3. The topological polar surface area (TPSA) is 29.1 Å². The van der Waals surface area contributed by atoms with Crippen molar-refractivity contribution < 1.29 is 4.79 Å². The highest BCUT2D eigenvalue weighted by Crippen LogP contribution is 2.39. The van der Waals surface area contributed by atoms with Crippen LogP contribution in [0.5, 0.6) is 0 Å². The van der Waals surface area contributed by atoms with E-state index in [4.69, 9.17) is 0 Å². The summed E-state index contributed by atoms with van der Waals surface area (Å²) in [7, 11) is 0. The minimum absolute atomic E-state index is 0.113. The molecule has 1 N–H and O–H groups in total. The fraction of sp³-hybridized carbons (Fsp3) is 0.435. The van der Waals surface area contributed by atoms with Gasteiger partial charge in [-0.2, -0.15) is 0 Å². The summed E-state index contributed by atoms with van der Waals surface area (Å²) in [6, 6.07) is 14.9. The molecule has 2 aromatic rings. The lowest BCUT2D eigenvalue weighted by molar-refractivity contribution is -0.113. The highest BCUT2D eigenvalue weighted by atomic mass is 32.2. The van der Waals surface area contributed by atoms with Crippen molar-refractivity contribution in [2.45, 2.75) is 61.8 Å². The minimum Gasteiger partial charge on any atom is -0.325 e. The molecular weight excluding hydrogens is 370 g/mol. The predicted molar refractivity (Wildman–Crippen MR) is 120 cm³/mol. The van der Waals surface area contributed by atoms with Crippen LogP contribution in [0, 0.1) is 20.8 Å². The zero-order valence-electron chi connectivity index (χ0n) is 16.5. The van der Waals surface area contributed by atoms with Crippen molar-refractivity contribution >= 4 is 35.1 Å². The van der Waals surface area contributed by atoms with Crippen LogP contribution in [-0.4, -0.2) is 22.2 Å². The number of rotatable bonds is 6. The SMILES string of the molecule is Cc1ccc(SC2CCCCC2SCC(=O)Nc2c(C)cccc2C)cc1. The van der Waals surface area contributed by atoms with Gasteiger partial charge in [-0.25, -0.2) is 0 Å². The maximum atomic E-state index is 12.5.